The van der Waals surface area contributed by atoms with Crippen LogP contribution in [0.1, 0.15) is 46.4 Å². The van der Waals surface area contributed by atoms with E-state index in [0.29, 0.717) is 41.4 Å². The SMILES string of the molecule is COc1cc2c(c(OC)c1OC)-c1ccc(OC(=O)c3cccc(CN4CCNCC4)c3)cc1[C@@H](NC(C)=O)CC2. The lowest BCUT2D eigenvalue weighted by Crippen LogP contribution is -2.42. The quantitative estimate of drug-likeness (QED) is 0.314. The molecule has 0 aromatic heterocycles. The third kappa shape index (κ3) is 6.16. The molecule has 0 bridgehead atoms. The Balaban J connectivity index is 1.48. The van der Waals surface area contributed by atoms with E-state index in [-0.39, 0.29) is 11.9 Å². The van der Waals surface area contributed by atoms with Gasteiger partial charge in [-0.3, -0.25) is 9.69 Å². The smallest absolute Gasteiger partial charge is 0.343 e. The maximum atomic E-state index is 13.2. The maximum Gasteiger partial charge on any atom is 0.343 e. The van der Waals surface area contributed by atoms with Crippen LogP contribution in [0.5, 0.6) is 23.0 Å². The van der Waals surface area contributed by atoms with Crippen molar-refractivity contribution in [1.82, 2.24) is 15.5 Å². The molecule has 2 N–H and O–H groups in total. The van der Waals surface area contributed by atoms with Crippen LogP contribution in [0.15, 0.2) is 48.5 Å². The van der Waals surface area contributed by atoms with Gasteiger partial charge >= 0.3 is 5.97 Å². The predicted octanol–water partition coefficient (Wildman–Crippen LogP) is 4.13. The molecule has 1 amide bonds. The zero-order valence-electron chi connectivity index (χ0n) is 24.0. The highest BCUT2D eigenvalue weighted by molar-refractivity contribution is 5.91. The van der Waals surface area contributed by atoms with Crippen LogP contribution in [0, 0.1) is 0 Å². The monoisotopic (exact) mass is 559 g/mol. The highest BCUT2D eigenvalue weighted by atomic mass is 16.5. The Morgan fingerprint density at radius 1 is 0.976 bits per heavy atom. The molecule has 41 heavy (non-hydrogen) atoms. The Hall–Kier alpha value is -4.08. The second-order valence-corrected chi connectivity index (χ2v) is 10.3. The number of carbonyl (C=O) groups is 2. The first-order valence-electron chi connectivity index (χ1n) is 13.9. The molecule has 1 aliphatic carbocycles. The minimum atomic E-state index is -0.429. The summed E-state index contributed by atoms with van der Waals surface area (Å²) in [6, 6.07) is 14.8. The van der Waals surface area contributed by atoms with Gasteiger partial charge in [-0.1, -0.05) is 18.2 Å². The third-order valence-corrected chi connectivity index (χ3v) is 7.65. The van der Waals surface area contributed by atoms with E-state index in [1.165, 1.54) is 6.92 Å². The fraction of sp³-hybridized carbons (Fsp3) is 0.375. The summed E-state index contributed by atoms with van der Waals surface area (Å²) in [5.74, 6) is 1.46. The molecule has 1 atom stereocenters. The molecule has 9 heteroatoms. The van der Waals surface area contributed by atoms with Crippen LogP contribution in [-0.2, 0) is 17.8 Å². The van der Waals surface area contributed by atoms with Crippen molar-refractivity contribution in [1.29, 1.82) is 0 Å². The van der Waals surface area contributed by atoms with Crippen molar-refractivity contribution < 1.29 is 28.5 Å². The van der Waals surface area contributed by atoms with E-state index < -0.39 is 5.97 Å². The first-order chi connectivity index (χ1) is 19.9. The highest BCUT2D eigenvalue weighted by Gasteiger charge is 2.30. The van der Waals surface area contributed by atoms with Crippen LogP contribution in [0.4, 0.5) is 0 Å². The van der Waals surface area contributed by atoms with Gasteiger partial charge in [-0.05, 0) is 65.4 Å². The fourth-order valence-electron chi connectivity index (χ4n) is 5.76. The molecule has 216 valence electrons. The van der Waals surface area contributed by atoms with Gasteiger partial charge in [0.15, 0.2) is 11.5 Å². The standard InChI is InChI=1S/C32H37N3O6/c1-20(36)34-27-11-8-22-17-28(38-2)30(39-3)31(40-4)29(22)25-10-9-24(18-26(25)27)41-32(37)23-7-5-6-21(16-23)19-35-14-12-33-13-15-35/h5-7,9-10,16-18,27,33H,8,11-15,19H2,1-4H3,(H,34,36)/t27-/m0/s1. The van der Waals surface area contributed by atoms with Crippen molar-refractivity contribution in [2.75, 3.05) is 47.5 Å². The first kappa shape index (κ1) is 28.4. The van der Waals surface area contributed by atoms with E-state index in [1.54, 1.807) is 33.5 Å². The number of ether oxygens (including phenoxy) is 4. The van der Waals surface area contributed by atoms with E-state index in [0.717, 1.165) is 60.5 Å². The van der Waals surface area contributed by atoms with Gasteiger partial charge in [0.05, 0.1) is 32.9 Å². The summed E-state index contributed by atoms with van der Waals surface area (Å²) in [6.07, 6.45) is 1.31. The number of nitrogens with one attached hydrogen (secondary N) is 2. The number of fused-ring (bicyclic) bond motifs is 3. The van der Waals surface area contributed by atoms with E-state index in [1.807, 2.05) is 36.4 Å². The van der Waals surface area contributed by atoms with Crippen LogP contribution >= 0.6 is 0 Å². The normalized spacial score (nSPS) is 16.5. The number of carbonyl (C=O) groups excluding carboxylic acids is 2. The summed E-state index contributed by atoms with van der Waals surface area (Å²) in [7, 11) is 4.77. The molecule has 0 unspecified atom stereocenters. The van der Waals surface area contributed by atoms with E-state index in [2.05, 4.69) is 15.5 Å². The second-order valence-electron chi connectivity index (χ2n) is 10.3. The van der Waals surface area contributed by atoms with Crippen LogP contribution in [0.2, 0.25) is 0 Å². The number of benzene rings is 3. The Labute approximate surface area is 240 Å². The molecule has 9 nitrogen and oxygen atoms in total. The Morgan fingerprint density at radius 3 is 2.46 bits per heavy atom. The molecule has 0 saturated carbocycles. The Bertz CT molecular complexity index is 1430. The molecule has 1 fully saturated rings. The van der Waals surface area contributed by atoms with Crippen molar-refractivity contribution in [2.45, 2.75) is 32.4 Å². The second kappa shape index (κ2) is 12.6. The number of methoxy groups -OCH3 is 3. The average molecular weight is 560 g/mol. The lowest BCUT2D eigenvalue weighted by atomic mass is 9.93. The summed E-state index contributed by atoms with van der Waals surface area (Å²) < 4.78 is 23.0. The summed E-state index contributed by atoms with van der Waals surface area (Å²) >= 11 is 0. The highest BCUT2D eigenvalue weighted by Crippen LogP contribution is 2.50. The number of piperazine rings is 1. The zero-order chi connectivity index (χ0) is 28.9. The van der Waals surface area contributed by atoms with Gasteiger partial charge in [0.2, 0.25) is 11.7 Å². The molecule has 0 spiro atoms. The topological polar surface area (TPSA) is 98.4 Å². The molecule has 2 aliphatic rings. The van der Waals surface area contributed by atoms with Crippen molar-refractivity contribution in [3.05, 3.63) is 70.8 Å². The van der Waals surface area contributed by atoms with E-state index >= 15 is 0 Å². The summed E-state index contributed by atoms with van der Waals surface area (Å²) in [5, 5.41) is 6.44. The molecule has 5 rings (SSSR count). The fourth-order valence-corrected chi connectivity index (χ4v) is 5.76. The number of hydrogen-bond acceptors (Lipinski definition) is 8. The average Bonchev–Trinajstić information content (AvgIpc) is 3.13. The Kier molecular flexibility index (Phi) is 8.75. The van der Waals surface area contributed by atoms with Gasteiger partial charge in [0.25, 0.3) is 0 Å². The molecular formula is C32H37N3O6. The molecule has 1 heterocycles. The van der Waals surface area contributed by atoms with E-state index in [4.69, 9.17) is 18.9 Å². The van der Waals surface area contributed by atoms with E-state index in [9.17, 15) is 9.59 Å². The summed E-state index contributed by atoms with van der Waals surface area (Å²) in [6.45, 7) is 6.18. The third-order valence-electron chi connectivity index (χ3n) is 7.65. The minimum absolute atomic E-state index is 0.141. The van der Waals surface area contributed by atoms with Crippen molar-refractivity contribution >= 4 is 11.9 Å². The van der Waals surface area contributed by atoms with Gasteiger partial charge in [-0.2, -0.15) is 0 Å². The largest absolute Gasteiger partial charge is 0.493 e. The van der Waals surface area contributed by atoms with Crippen LogP contribution < -0.4 is 29.6 Å². The van der Waals surface area contributed by atoms with Crippen LogP contribution in [0.3, 0.4) is 0 Å². The molecule has 1 aliphatic heterocycles. The molecule has 1 saturated heterocycles. The van der Waals surface area contributed by atoms with Gasteiger partial charge in [-0.15, -0.1) is 0 Å². The molecular weight excluding hydrogens is 522 g/mol. The van der Waals surface area contributed by atoms with Crippen molar-refractivity contribution in [3.8, 4) is 34.1 Å². The van der Waals surface area contributed by atoms with Gasteiger partial charge in [-0.25, -0.2) is 4.79 Å². The number of rotatable bonds is 8. The number of esters is 1. The van der Waals surface area contributed by atoms with Gasteiger partial charge in [0, 0.05) is 45.2 Å². The molecule has 3 aromatic rings. The summed E-state index contributed by atoms with van der Waals surface area (Å²) in [5.41, 5.74) is 5.15. The maximum absolute atomic E-state index is 13.2. The molecule has 0 radical (unpaired) electrons. The number of hydrogen-bond donors (Lipinski definition) is 2. The van der Waals surface area contributed by atoms with Crippen LogP contribution in [0.25, 0.3) is 11.1 Å². The summed E-state index contributed by atoms with van der Waals surface area (Å²) in [4.78, 5) is 27.8. The first-order valence-corrected chi connectivity index (χ1v) is 13.9. The lowest BCUT2D eigenvalue weighted by molar-refractivity contribution is -0.119. The van der Waals surface area contributed by atoms with Crippen molar-refractivity contribution in [3.63, 3.8) is 0 Å². The number of amides is 1. The Morgan fingerprint density at radius 2 is 1.76 bits per heavy atom. The minimum Gasteiger partial charge on any atom is -0.493 e. The number of nitrogens with zero attached hydrogens (tertiary/aromatic N) is 1. The zero-order valence-corrected chi connectivity index (χ0v) is 24.0. The van der Waals surface area contributed by atoms with Gasteiger partial charge < -0.3 is 29.6 Å². The predicted molar refractivity (Wildman–Crippen MR) is 156 cm³/mol. The molecule has 3 aromatic carbocycles. The van der Waals surface area contributed by atoms with Crippen molar-refractivity contribution in [2.24, 2.45) is 0 Å². The number of aryl methyl sites for hydroxylation is 1. The van der Waals surface area contributed by atoms with Gasteiger partial charge in [0.1, 0.15) is 5.75 Å². The van der Waals surface area contributed by atoms with Crippen LogP contribution in [-0.4, -0.2) is 64.3 Å². The lowest BCUT2D eigenvalue weighted by Gasteiger charge is -2.27.